The van der Waals surface area contributed by atoms with E-state index >= 15 is 0 Å². The number of nitriles is 1. The second-order valence-corrected chi connectivity index (χ2v) is 5.98. The first-order valence-corrected chi connectivity index (χ1v) is 8.32. The summed E-state index contributed by atoms with van der Waals surface area (Å²) in [6, 6.07) is 9.35. The molecule has 130 valence electrons. The molecule has 1 aromatic carbocycles. The van der Waals surface area contributed by atoms with Crippen LogP contribution in [0, 0.1) is 17.2 Å². The predicted molar refractivity (Wildman–Crippen MR) is 90.9 cm³/mol. The number of carbonyl (C=O) groups is 1. The van der Waals surface area contributed by atoms with Crippen LogP contribution in [0.4, 0.5) is 0 Å². The molecule has 24 heavy (non-hydrogen) atoms. The first-order valence-electron chi connectivity index (χ1n) is 8.32. The fraction of sp³-hybridized carbons (Fsp3) is 0.556. The van der Waals surface area contributed by atoms with Crippen LogP contribution in [0.15, 0.2) is 24.3 Å². The average Bonchev–Trinajstić information content (AvgIpc) is 2.61. The van der Waals surface area contributed by atoms with E-state index in [1.54, 1.807) is 19.2 Å². The molecule has 0 aromatic heterocycles. The van der Waals surface area contributed by atoms with Gasteiger partial charge in [-0.1, -0.05) is 6.07 Å². The monoisotopic (exact) mass is 331 g/mol. The summed E-state index contributed by atoms with van der Waals surface area (Å²) in [5.41, 5.74) is 0.592. The zero-order valence-corrected chi connectivity index (χ0v) is 14.2. The number of ether oxygens (including phenoxy) is 2. The lowest BCUT2D eigenvalue weighted by atomic mass is 9.98. The van der Waals surface area contributed by atoms with Crippen molar-refractivity contribution in [3.05, 3.63) is 29.8 Å². The van der Waals surface area contributed by atoms with Gasteiger partial charge in [-0.3, -0.25) is 9.69 Å². The van der Waals surface area contributed by atoms with E-state index in [9.17, 15) is 4.79 Å². The van der Waals surface area contributed by atoms with Gasteiger partial charge < -0.3 is 14.8 Å². The van der Waals surface area contributed by atoms with Gasteiger partial charge in [0, 0.05) is 25.8 Å². The second kappa shape index (κ2) is 9.91. The summed E-state index contributed by atoms with van der Waals surface area (Å²) in [5, 5.41) is 11.8. The van der Waals surface area contributed by atoms with E-state index in [0.29, 0.717) is 43.5 Å². The third-order valence-corrected chi connectivity index (χ3v) is 4.10. The molecule has 1 aliphatic heterocycles. The van der Waals surface area contributed by atoms with Crippen LogP contribution < -0.4 is 10.1 Å². The summed E-state index contributed by atoms with van der Waals surface area (Å²) in [5.74, 6) is 0.972. The molecule has 6 heteroatoms. The van der Waals surface area contributed by atoms with Crippen LogP contribution in [0.3, 0.4) is 0 Å². The molecule has 1 saturated heterocycles. The van der Waals surface area contributed by atoms with Crippen molar-refractivity contribution in [2.24, 2.45) is 5.92 Å². The predicted octanol–water partition coefficient (Wildman–Crippen LogP) is 1.68. The number of methoxy groups -OCH3 is 1. The Balaban J connectivity index is 1.81. The Kier molecular flexibility index (Phi) is 7.53. The van der Waals surface area contributed by atoms with Gasteiger partial charge in [0.15, 0.2) is 0 Å². The number of nitrogens with zero attached hydrogens (tertiary/aromatic N) is 2. The van der Waals surface area contributed by atoms with Crippen molar-refractivity contribution in [2.75, 3.05) is 46.5 Å². The Morgan fingerprint density at radius 1 is 1.46 bits per heavy atom. The molecule has 2 rings (SSSR count). The van der Waals surface area contributed by atoms with Gasteiger partial charge in [-0.15, -0.1) is 0 Å². The molecule has 1 aromatic rings. The highest BCUT2D eigenvalue weighted by molar-refractivity contribution is 5.94. The van der Waals surface area contributed by atoms with Crippen molar-refractivity contribution in [3.63, 3.8) is 0 Å². The maximum Gasteiger partial charge on any atom is 0.251 e. The molecule has 0 bridgehead atoms. The van der Waals surface area contributed by atoms with E-state index in [2.05, 4.69) is 16.3 Å². The number of rotatable bonds is 8. The lowest BCUT2D eigenvalue weighted by molar-refractivity contribution is 0.0934. The molecule has 1 fully saturated rings. The van der Waals surface area contributed by atoms with Gasteiger partial charge in [0.1, 0.15) is 12.4 Å². The minimum Gasteiger partial charge on any atom is -0.491 e. The first kappa shape index (κ1) is 18.2. The molecule has 1 unspecified atom stereocenters. The van der Waals surface area contributed by atoms with Gasteiger partial charge in [0.25, 0.3) is 5.91 Å². The van der Waals surface area contributed by atoms with E-state index in [4.69, 9.17) is 14.7 Å². The third-order valence-electron chi connectivity index (χ3n) is 4.10. The number of nitrogens with one attached hydrogen (secondary N) is 1. The topological polar surface area (TPSA) is 74.6 Å². The molecular formula is C18H25N3O3. The van der Waals surface area contributed by atoms with Crippen molar-refractivity contribution >= 4 is 5.91 Å². The highest BCUT2D eigenvalue weighted by Gasteiger charge is 2.20. The number of hydrogen-bond acceptors (Lipinski definition) is 5. The van der Waals surface area contributed by atoms with Crippen LogP contribution in [0.25, 0.3) is 0 Å². The van der Waals surface area contributed by atoms with Crippen molar-refractivity contribution in [1.29, 1.82) is 5.26 Å². The fourth-order valence-corrected chi connectivity index (χ4v) is 2.87. The van der Waals surface area contributed by atoms with Crippen LogP contribution in [0.1, 0.15) is 23.2 Å². The molecule has 1 atom stereocenters. The van der Waals surface area contributed by atoms with E-state index in [-0.39, 0.29) is 5.91 Å². The van der Waals surface area contributed by atoms with Gasteiger partial charge in [0.2, 0.25) is 0 Å². The Hall–Kier alpha value is -2.10. The molecule has 1 amide bonds. The lowest BCUT2D eigenvalue weighted by Crippen LogP contribution is -2.41. The second-order valence-electron chi connectivity index (χ2n) is 5.98. The van der Waals surface area contributed by atoms with Crippen LogP contribution in [0.5, 0.6) is 5.75 Å². The molecule has 1 heterocycles. The van der Waals surface area contributed by atoms with Crippen molar-refractivity contribution in [3.8, 4) is 11.8 Å². The molecule has 1 aliphatic rings. The SMILES string of the molecule is COCCOc1cccc(C(=O)NCC2CCCN(CC#N)C2)c1. The number of benzene rings is 1. The van der Waals surface area contributed by atoms with Crippen LogP contribution in [-0.4, -0.2) is 57.3 Å². The summed E-state index contributed by atoms with van der Waals surface area (Å²) in [4.78, 5) is 14.5. The van der Waals surface area contributed by atoms with E-state index in [1.165, 1.54) is 0 Å². The standard InChI is InChI=1S/C18H25N3O3/c1-23-10-11-24-17-6-2-5-16(12-17)18(22)20-13-15-4-3-8-21(14-15)9-7-19/h2,5-6,12,15H,3-4,8-11,13-14H2,1H3,(H,20,22). The molecule has 6 nitrogen and oxygen atoms in total. The highest BCUT2D eigenvalue weighted by Crippen LogP contribution is 2.16. The van der Waals surface area contributed by atoms with E-state index in [0.717, 1.165) is 25.9 Å². The number of amides is 1. The third kappa shape index (κ3) is 5.84. The molecule has 0 radical (unpaired) electrons. The van der Waals surface area contributed by atoms with Crippen LogP contribution >= 0.6 is 0 Å². The molecule has 0 aliphatic carbocycles. The number of hydrogen-bond donors (Lipinski definition) is 1. The average molecular weight is 331 g/mol. The Bertz CT molecular complexity index is 571. The summed E-state index contributed by atoms with van der Waals surface area (Å²) in [6.07, 6.45) is 2.16. The highest BCUT2D eigenvalue weighted by atomic mass is 16.5. The van der Waals surface area contributed by atoms with Gasteiger partial charge in [-0.25, -0.2) is 0 Å². The molecule has 1 N–H and O–H groups in total. The summed E-state index contributed by atoms with van der Waals surface area (Å²) in [7, 11) is 1.62. The first-order chi connectivity index (χ1) is 11.7. The Labute approximate surface area is 143 Å². The Morgan fingerprint density at radius 3 is 3.12 bits per heavy atom. The van der Waals surface area contributed by atoms with Crippen molar-refractivity contribution in [1.82, 2.24) is 10.2 Å². The van der Waals surface area contributed by atoms with E-state index < -0.39 is 0 Å². The normalized spacial score (nSPS) is 17.9. The number of likely N-dealkylation sites (tertiary alicyclic amines) is 1. The maximum atomic E-state index is 12.3. The summed E-state index contributed by atoms with van der Waals surface area (Å²) in [6.45, 7) is 3.91. The van der Waals surface area contributed by atoms with Gasteiger partial charge in [0.05, 0.1) is 19.2 Å². The molecular weight excluding hydrogens is 306 g/mol. The fourth-order valence-electron chi connectivity index (χ4n) is 2.87. The van der Waals surface area contributed by atoms with Gasteiger partial charge in [-0.2, -0.15) is 5.26 Å². The Morgan fingerprint density at radius 2 is 2.33 bits per heavy atom. The number of piperidine rings is 1. The summed E-state index contributed by atoms with van der Waals surface area (Å²) >= 11 is 0. The minimum absolute atomic E-state index is 0.0930. The quantitative estimate of drug-likeness (QED) is 0.579. The van der Waals surface area contributed by atoms with E-state index in [1.807, 2.05) is 12.1 Å². The lowest BCUT2D eigenvalue weighted by Gasteiger charge is -2.31. The zero-order chi connectivity index (χ0) is 17.2. The van der Waals surface area contributed by atoms with Crippen LogP contribution in [-0.2, 0) is 4.74 Å². The van der Waals surface area contributed by atoms with Gasteiger partial charge >= 0.3 is 0 Å². The number of carbonyl (C=O) groups excluding carboxylic acids is 1. The smallest absolute Gasteiger partial charge is 0.251 e. The largest absolute Gasteiger partial charge is 0.491 e. The molecule has 0 saturated carbocycles. The zero-order valence-electron chi connectivity index (χ0n) is 14.2. The summed E-state index contributed by atoms with van der Waals surface area (Å²) < 4.78 is 10.5. The minimum atomic E-state index is -0.0930. The maximum absolute atomic E-state index is 12.3. The van der Waals surface area contributed by atoms with Crippen molar-refractivity contribution in [2.45, 2.75) is 12.8 Å². The van der Waals surface area contributed by atoms with Crippen molar-refractivity contribution < 1.29 is 14.3 Å². The van der Waals surface area contributed by atoms with Crippen LogP contribution in [0.2, 0.25) is 0 Å². The van der Waals surface area contributed by atoms with Gasteiger partial charge in [-0.05, 0) is 43.5 Å². The molecule has 0 spiro atoms.